The Morgan fingerprint density at radius 2 is 2.12 bits per heavy atom. The summed E-state index contributed by atoms with van der Waals surface area (Å²) < 4.78 is 6.37. The zero-order valence-corrected chi connectivity index (χ0v) is 11.1. The smallest absolute Gasteiger partial charge is 0.138 e. The SMILES string of the molecule is COc1c(Br)ccc(C)c1C1(C#N)CCC1. The Labute approximate surface area is 104 Å². The molecule has 0 saturated heterocycles. The van der Waals surface area contributed by atoms with E-state index >= 15 is 0 Å². The molecule has 0 atom stereocenters. The average Bonchev–Trinajstić information content (AvgIpc) is 2.22. The van der Waals surface area contributed by atoms with Crippen LogP contribution in [-0.2, 0) is 5.41 Å². The van der Waals surface area contributed by atoms with Crippen molar-refractivity contribution >= 4 is 15.9 Å². The molecular formula is C13H14BrNO. The van der Waals surface area contributed by atoms with Gasteiger partial charge in [-0.15, -0.1) is 0 Å². The number of hydrogen-bond donors (Lipinski definition) is 0. The lowest BCUT2D eigenvalue weighted by molar-refractivity contribution is 0.305. The highest BCUT2D eigenvalue weighted by molar-refractivity contribution is 9.10. The molecule has 3 heteroatoms. The second-order valence-electron chi connectivity index (χ2n) is 4.32. The third-order valence-electron chi connectivity index (χ3n) is 3.42. The number of nitriles is 1. The maximum absolute atomic E-state index is 9.40. The molecule has 0 heterocycles. The van der Waals surface area contributed by atoms with Gasteiger partial charge in [-0.05, 0) is 53.7 Å². The van der Waals surface area contributed by atoms with E-state index in [-0.39, 0.29) is 5.41 Å². The van der Waals surface area contributed by atoms with Crippen LogP contribution < -0.4 is 4.74 Å². The molecule has 0 radical (unpaired) electrons. The van der Waals surface area contributed by atoms with E-state index < -0.39 is 0 Å². The first kappa shape index (κ1) is 11.5. The number of aryl methyl sites for hydroxylation is 1. The zero-order chi connectivity index (χ0) is 11.8. The molecule has 1 fully saturated rings. The Kier molecular flexibility index (Phi) is 2.94. The van der Waals surface area contributed by atoms with Gasteiger partial charge in [-0.25, -0.2) is 0 Å². The van der Waals surface area contributed by atoms with Crippen molar-refractivity contribution in [2.24, 2.45) is 0 Å². The molecule has 0 bridgehead atoms. The van der Waals surface area contributed by atoms with Crippen LogP contribution in [0.2, 0.25) is 0 Å². The number of methoxy groups -OCH3 is 1. The predicted octanol–water partition coefficient (Wildman–Crippen LogP) is 3.71. The quantitative estimate of drug-likeness (QED) is 0.827. The van der Waals surface area contributed by atoms with Gasteiger partial charge in [0.25, 0.3) is 0 Å². The highest BCUT2D eigenvalue weighted by Gasteiger charge is 2.42. The van der Waals surface area contributed by atoms with E-state index in [9.17, 15) is 5.26 Å². The summed E-state index contributed by atoms with van der Waals surface area (Å²) in [4.78, 5) is 0. The molecule has 0 aromatic heterocycles. The van der Waals surface area contributed by atoms with Crippen molar-refractivity contribution in [1.29, 1.82) is 5.26 Å². The van der Waals surface area contributed by atoms with Gasteiger partial charge in [-0.3, -0.25) is 0 Å². The summed E-state index contributed by atoms with van der Waals surface area (Å²) in [6, 6.07) is 6.49. The Hall–Kier alpha value is -1.01. The maximum atomic E-state index is 9.40. The number of benzene rings is 1. The van der Waals surface area contributed by atoms with Gasteiger partial charge in [-0.1, -0.05) is 6.07 Å². The largest absolute Gasteiger partial charge is 0.495 e. The van der Waals surface area contributed by atoms with Crippen LogP contribution in [-0.4, -0.2) is 7.11 Å². The van der Waals surface area contributed by atoms with E-state index in [1.165, 1.54) is 0 Å². The summed E-state index contributed by atoms with van der Waals surface area (Å²) in [6.45, 7) is 2.04. The first-order valence-electron chi connectivity index (χ1n) is 5.39. The number of rotatable bonds is 2. The van der Waals surface area contributed by atoms with Crippen molar-refractivity contribution < 1.29 is 4.74 Å². The van der Waals surface area contributed by atoms with Gasteiger partial charge in [-0.2, -0.15) is 5.26 Å². The van der Waals surface area contributed by atoms with Crippen LogP contribution in [0.5, 0.6) is 5.75 Å². The van der Waals surface area contributed by atoms with Crippen molar-refractivity contribution in [3.63, 3.8) is 0 Å². The van der Waals surface area contributed by atoms with Crippen LogP contribution in [0.1, 0.15) is 30.4 Å². The van der Waals surface area contributed by atoms with Crippen molar-refractivity contribution in [2.75, 3.05) is 7.11 Å². The standard InChI is InChI=1S/C13H14BrNO/c1-9-4-5-10(14)12(16-2)11(9)13(8-15)6-3-7-13/h4-5H,3,6-7H2,1-2H3. The third-order valence-corrected chi connectivity index (χ3v) is 4.05. The molecule has 0 N–H and O–H groups in total. The number of ether oxygens (including phenoxy) is 1. The molecule has 0 spiro atoms. The van der Waals surface area contributed by atoms with E-state index in [1.54, 1.807) is 7.11 Å². The molecule has 0 aliphatic heterocycles. The molecule has 1 aromatic carbocycles. The summed E-state index contributed by atoms with van der Waals surface area (Å²) in [5.41, 5.74) is 1.89. The summed E-state index contributed by atoms with van der Waals surface area (Å²) in [7, 11) is 1.66. The molecular weight excluding hydrogens is 266 g/mol. The average molecular weight is 280 g/mol. The Morgan fingerprint density at radius 3 is 2.56 bits per heavy atom. The van der Waals surface area contributed by atoms with Crippen LogP contribution in [0.4, 0.5) is 0 Å². The summed E-state index contributed by atoms with van der Waals surface area (Å²) >= 11 is 3.48. The van der Waals surface area contributed by atoms with Gasteiger partial charge < -0.3 is 4.74 Å². The minimum Gasteiger partial charge on any atom is -0.495 e. The van der Waals surface area contributed by atoms with Gasteiger partial charge in [0.15, 0.2) is 0 Å². The molecule has 0 amide bonds. The van der Waals surface area contributed by atoms with Crippen molar-refractivity contribution in [3.8, 4) is 11.8 Å². The van der Waals surface area contributed by atoms with Crippen molar-refractivity contribution in [3.05, 3.63) is 27.7 Å². The first-order chi connectivity index (χ1) is 7.64. The lowest BCUT2D eigenvalue weighted by atomic mass is 9.64. The van der Waals surface area contributed by atoms with Gasteiger partial charge in [0.05, 0.1) is 23.1 Å². The fourth-order valence-corrected chi connectivity index (χ4v) is 2.89. The van der Waals surface area contributed by atoms with Crippen LogP contribution >= 0.6 is 15.9 Å². The van der Waals surface area contributed by atoms with Gasteiger partial charge >= 0.3 is 0 Å². The van der Waals surface area contributed by atoms with Crippen LogP contribution in [0.15, 0.2) is 16.6 Å². The predicted molar refractivity (Wildman–Crippen MR) is 66.6 cm³/mol. The Bertz CT molecular complexity index is 458. The maximum Gasteiger partial charge on any atom is 0.138 e. The summed E-state index contributed by atoms with van der Waals surface area (Å²) in [5, 5.41) is 9.40. The molecule has 1 aliphatic carbocycles. The minimum atomic E-state index is -0.320. The first-order valence-corrected chi connectivity index (χ1v) is 6.19. The fraction of sp³-hybridized carbons (Fsp3) is 0.462. The van der Waals surface area contributed by atoms with E-state index in [4.69, 9.17) is 4.74 Å². The minimum absolute atomic E-state index is 0.320. The summed E-state index contributed by atoms with van der Waals surface area (Å²) in [6.07, 6.45) is 3.01. The number of halogens is 1. The van der Waals surface area contributed by atoms with Crippen molar-refractivity contribution in [2.45, 2.75) is 31.6 Å². The van der Waals surface area contributed by atoms with E-state index in [0.717, 1.165) is 40.6 Å². The molecule has 2 nitrogen and oxygen atoms in total. The van der Waals surface area contributed by atoms with Crippen molar-refractivity contribution in [1.82, 2.24) is 0 Å². The fourth-order valence-electron chi connectivity index (χ4n) is 2.40. The molecule has 16 heavy (non-hydrogen) atoms. The molecule has 2 rings (SSSR count). The molecule has 1 saturated carbocycles. The Morgan fingerprint density at radius 1 is 1.44 bits per heavy atom. The monoisotopic (exact) mass is 279 g/mol. The normalized spacial score (nSPS) is 17.4. The van der Waals surface area contributed by atoms with E-state index in [1.807, 2.05) is 19.1 Å². The lowest BCUT2D eigenvalue weighted by Crippen LogP contribution is -2.33. The van der Waals surface area contributed by atoms with Crippen LogP contribution in [0, 0.1) is 18.3 Å². The topological polar surface area (TPSA) is 33.0 Å². The zero-order valence-electron chi connectivity index (χ0n) is 9.51. The van der Waals surface area contributed by atoms with Gasteiger partial charge in [0.2, 0.25) is 0 Å². The second kappa shape index (κ2) is 4.10. The highest BCUT2D eigenvalue weighted by Crippen LogP contribution is 2.49. The molecule has 0 unspecified atom stereocenters. The van der Waals surface area contributed by atoms with E-state index in [2.05, 4.69) is 22.0 Å². The second-order valence-corrected chi connectivity index (χ2v) is 5.17. The van der Waals surface area contributed by atoms with Gasteiger partial charge in [0.1, 0.15) is 5.75 Å². The molecule has 1 aliphatic rings. The van der Waals surface area contributed by atoms with E-state index in [0.29, 0.717) is 0 Å². The molecule has 1 aromatic rings. The van der Waals surface area contributed by atoms with Gasteiger partial charge in [0, 0.05) is 5.56 Å². The highest BCUT2D eigenvalue weighted by atomic mass is 79.9. The Balaban J connectivity index is 2.63. The lowest BCUT2D eigenvalue weighted by Gasteiger charge is -2.37. The third kappa shape index (κ3) is 1.53. The number of nitrogens with zero attached hydrogens (tertiary/aromatic N) is 1. The summed E-state index contributed by atoms with van der Waals surface area (Å²) in [5.74, 6) is 0.821. The number of hydrogen-bond acceptors (Lipinski definition) is 2. The molecule has 84 valence electrons. The van der Waals surface area contributed by atoms with Crippen LogP contribution in [0.3, 0.4) is 0 Å². The van der Waals surface area contributed by atoms with Crippen LogP contribution in [0.25, 0.3) is 0 Å².